The monoisotopic (exact) mass is 450 g/mol. The highest BCUT2D eigenvalue weighted by molar-refractivity contribution is 6.28. The molecule has 5 nitrogen and oxygen atoms in total. The first kappa shape index (κ1) is 22.2. The number of nitriles is 1. The van der Waals surface area contributed by atoms with Gasteiger partial charge in [0.2, 0.25) is 6.19 Å². The molecule has 0 amide bonds. The Morgan fingerprint density at radius 1 is 0.824 bits per heavy atom. The van der Waals surface area contributed by atoms with Crippen LogP contribution in [0.15, 0.2) is 77.1 Å². The van der Waals surface area contributed by atoms with Crippen LogP contribution < -0.4 is 9.80 Å². The number of allylic oxidation sites excluding steroid dienone is 4. The summed E-state index contributed by atoms with van der Waals surface area (Å²) in [5, 5.41) is 9.43. The van der Waals surface area contributed by atoms with E-state index in [1.54, 1.807) is 0 Å². The lowest BCUT2D eigenvalue weighted by atomic mass is 9.68. The minimum absolute atomic E-state index is 0.0920. The molecule has 0 radical (unpaired) electrons. The molecule has 2 aliphatic heterocycles. The molecule has 1 fully saturated rings. The summed E-state index contributed by atoms with van der Waals surface area (Å²) in [4.78, 5) is 21.9. The number of fused-ring (bicyclic) bond motifs is 2. The van der Waals surface area contributed by atoms with Gasteiger partial charge >= 0.3 is 0 Å². The zero-order chi connectivity index (χ0) is 24.4. The number of ketones is 1. The zero-order valence-electron chi connectivity index (χ0n) is 20.6. The Bertz CT molecular complexity index is 1250. The van der Waals surface area contributed by atoms with E-state index in [4.69, 9.17) is 0 Å². The van der Waals surface area contributed by atoms with Crippen LogP contribution in [0.4, 0.5) is 11.4 Å². The van der Waals surface area contributed by atoms with Crippen molar-refractivity contribution >= 4 is 22.9 Å². The molecule has 0 spiro atoms. The molecule has 0 bridgehead atoms. The van der Waals surface area contributed by atoms with E-state index in [0.717, 1.165) is 22.8 Å². The molecule has 5 heteroatoms. The van der Waals surface area contributed by atoms with Crippen molar-refractivity contribution in [2.24, 2.45) is 16.8 Å². The van der Waals surface area contributed by atoms with Crippen molar-refractivity contribution in [2.75, 3.05) is 23.9 Å². The van der Waals surface area contributed by atoms with E-state index in [0.29, 0.717) is 5.71 Å². The number of anilines is 2. The fraction of sp³-hybridized carbons (Fsp3) is 0.345. The van der Waals surface area contributed by atoms with Gasteiger partial charge < -0.3 is 9.80 Å². The maximum atomic E-state index is 13.5. The molecule has 172 valence electrons. The Kier molecular flexibility index (Phi) is 4.84. The number of carbonyl (C=O) groups is 1. The Hall–Kier alpha value is -3.65. The summed E-state index contributed by atoms with van der Waals surface area (Å²) >= 11 is 0. The Morgan fingerprint density at radius 2 is 1.24 bits per heavy atom. The Morgan fingerprint density at radius 3 is 1.62 bits per heavy atom. The van der Waals surface area contributed by atoms with Crippen molar-refractivity contribution in [3.8, 4) is 6.19 Å². The van der Waals surface area contributed by atoms with Crippen LogP contribution >= 0.6 is 0 Å². The minimum Gasteiger partial charge on any atom is -0.347 e. The van der Waals surface area contributed by atoms with Crippen LogP contribution in [0.3, 0.4) is 0 Å². The van der Waals surface area contributed by atoms with E-state index >= 15 is 0 Å². The highest BCUT2D eigenvalue weighted by Crippen LogP contribution is 2.50. The van der Waals surface area contributed by atoms with Crippen LogP contribution in [0.25, 0.3) is 0 Å². The number of hydrogen-bond acceptors (Lipinski definition) is 5. The number of likely N-dealkylation sites (N-methyl/N-ethyl adjacent to an activating group) is 2. The summed E-state index contributed by atoms with van der Waals surface area (Å²) in [5.74, 6) is -0.871. The molecule has 0 saturated heterocycles. The van der Waals surface area contributed by atoms with Crippen LogP contribution in [-0.4, -0.2) is 25.6 Å². The van der Waals surface area contributed by atoms with Gasteiger partial charge in [0.05, 0.1) is 17.5 Å². The third-order valence-electron chi connectivity index (χ3n) is 7.96. The van der Waals surface area contributed by atoms with Crippen LogP contribution in [-0.2, 0) is 15.6 Å². The summed E-state index contributed by atoms with van der Waals surface area (Å²) in [6.07, 6.45) is 5.99. The second-order valence-corrected chi connectivity index (χ2v) is 10.5. The molecular weight excluding hydrogens is 420 g/mol. The number of aliphatic imine (C=N–C) groups is 1. The molecular formula is C29H30N4O. The largest absolute Gasteiger partial charge is 0.347 e. The molecule has 0 N–H and O–H groups in total. The molecule has 2 heterocycles. The molecule has 1 aliphatic carbocycles. The average molecular weight is 451 g/mol. The van der Waals surface area contributed by atoms with Crippen molar-refractivity contribution in [1.29, 1.82) is 5.26 Å². The predicted molar refractivity (Wildman–Crippen MR) is 137 cm³/mol. The molecule has 0 aromatic heterocycles. The fourth-order valence-electron chi connectivity index (χ4n) is 6.03. The second-order valence-electron chi connectivity index (χ2n) is 10.5. The normalized spacial score (nSPS) is 26.4. The quantitative estimate of drug-likeness (QED) is 0.579. The highest BCUT2D eigenvalue weighted by Gasteiger charge is 2.49. The highest BCUT2D eigenvalue weighted by atomic mass is 16.1. The summed E-state index contributed by atoms with van der Waals surface area (Å²) in [6, 6.07) is 16.7. The van der Waals surface area contributed by atoms with Gasteiger partial charge in [-0.05, 0) is 35.4 Å². The van der Waals surface area contributed by atoms with Crippen LogP contribution in [0, 0.1) is 23.3 Å². The van der Waals surface area contributed by atoms with Gasteiger partial charge in [-0.3, -0.25) is 4.79 Å². The Balaban J connectivity index is 1.51. The van der Waals surface area contributed by atoms with Crippen LogP contribution in [0.5, 0.6) is 0 Å². The number of Topliss-reactive ketones (excluding diaryl/α,β-unsaturated/α-hetero) is 1. The van der Waals surface area contributed by atoms with E-state index in [-0.39, 0.29) is 16.6 Å². The third kappa shape index (κ3) is 2.91. The molecule has 3 aliphatic rings. The van der Waals surface area contributed by atoms with Gasteiger partial charge in [0.1, 0.15) is 0 Å². The fourth-order valence-corrected chi connectivity index (χ4v) is 6.03. The predicted octanol–water partition coefficient (Wildman–Crippen LogP) is 5.35. The van der Waals surface area contributed by atoms with Gasteiger partial charge in [0, 0.05) is 47.7 Å². The summed E-state index contributed by atoms with van der Waals surface area (Å²) in [6.45, 7) is 8.71. The first-order valence-corrected chi connectivity index (χ1v) is 11.7. The Labute approximate surface area is 201 Å². The minimum atomic E-state index is -0.482. The number of carbonyl (C=O) groups excluding carboxylic acids is 1. The number of hydrogen-bond donors (Lipinski definition) is 0. The van der Waals surface area contributed by atoms with E-state index in [2.05, 4.69) is 78.9 Å². The topological polar surface area (TPSA) is 59.7 Å². The van der Waals surface area contributed by atoms with Gasteiger partial charge in [-0.25, -0.2) is 0 Å². The standard InChI is InChI=1S/C29H30N4O/c1-28(2)20-11-7-9-13-22(20)32(5)24(28)15-18-26(31-17-30)19(27(18)34)16-25-29(3,4)21-12-8-10-14-23(21)33(25)6/h7-16,18-19H,1-6H3/b24-15-,25-16-,31-26?. The summed E-state index contributed by atoms with van der Waals surface area (Å²) < 4.78 is 0. The van der Waals surface area contributed by atoms with Gasteiger partial charge in [-0.2, -0.15) is 10.3 Å². The van der Waals surface area contributed by atoms with E-state index in [1.165, 1.54) is 11.1 Å². The molecule has 1 saturated carbocycles. The number of benzene rings is 2. The molecule has 2 aromatic carbocycles. The second kappa shape index (κ2) is 7.43. The maximum Gasteiger partial charge on any atom is 0.205 e. The summed E-state index contributed by atoms with van der Waals surface area (Å²) in [7, 11) is 4.08. The van der Waals surface area contributed by atoms with Gasteiger partial charge in [-0.15, -0.1) is 0 Å². The average Bonchev–Trinajstić information content (AvgIpc) is 3.13. The smallest absolute Gasteiger partial charge is 0.205 e. The molecule has 2 unspecified atom stereocenters. The van der Waals surface area contributed by atoms with Crippen molar-refractivity contribution in [3.63, 3.8) is 0 Å². The summed E-state index contributed by atoms with van der Waals surface area (Å²) in [5.41, 5.74) is 7.06. The van der Waals surface area contributed by atoms with Crippen LogP contribution in [0.1, 0.15) is 38.8 Å². The number of para-hydroxylation sites is 2. The maximum absolute atomic E-state index is 13.5. The SMILES string of the molecule is CN1/C(=C\C2C(=O)C(/C=C3\N(C)c4ccccc4C3(C)C)C2=NC#N)C(C)(C)c2ccccc21. The third-order valence-corrected chi connectivity index (χ3v) is 7.96. The number of rotatable bonds is 2. The zero-order valence-corrected chi connectivity index (χ0v) is 20.6. The number of nitrogens with zero attached hydrogens (tertiary/aromatic N) is 4. The van der Waals surface area contributed by atoms with E-state index in [1.807, 2.05) is 44.6 Å². The lowest BCUT2D eigenvalue weighted by Crippen LogP contribution is -2.48. The lowest BCUT2D eigenvalue weighted by Gasteiger charge is -2.36. The van der Waals surface area contributed by atoms with E-state index in [9.17, 15) is 10.1 Å². The van der Waals surface area contributed by atoms with Crippen LogP contribution in [0.2, 0.25) is 0 Å². The molecule has 2 atom stereocenters. The molecule has 34 heavy (non-hydrogen) atoms. The van der Waals surface area contributed by atoms with Gasteiger partial charge in [-0.1, -0.05) is 64.1 Å². The van der Waals surface area contributed by atoms with Crippen molar-refractivity contribution in [3.05, 3.63) is 83.2 Å². The molecule has 5 rings (SSSR count). The van der Waals surface area contributed by atoms with Crippen molar-refractivity contribution < 1.29 is 4.79 Å². The van der Waals surface area contributed by atoms with Crippen molar-refractivity contribution in [1.82, 2.24) is 0 Å². The first-order chi connectivity index (χ1) is 16.1. The van der Waals surface area contributed by atoms with Gasteiger partial charge in [0.15, 0.2) is 5.78 Å². The molecule has 2 aromatic rings. The van der Waals surface area contributed by atoms with Crippen molar-refractivity contribution in [2.45, 2.75) is 38.5 Å². The van der Waals surface area contributed by atoms with Gasteiger partial charge in [0.25, 0.3) is 0 Å². The lowest BCUT2D eigenvalue weighted by molar-refractivity contribution is -0.123. The van der Waals surface area contributed by atoms with E-state index < -0.39 is 11.8 Å². The first-order valence-electron chi connectivity index (χ1n) is 11.7.